The first-order valence-corrected chi connectivity index (χ1v) is 8.73. The normalized spacial score (nSPS) is 22.2. The van der Waals surface area contributed by atoms with Crippen molar-refractivity contribution in [2.45, 2.75) is 58.6 Å². The Labute approximate surface area is 136 Å². The summed E-state index contributed by atoms with van der Waals surface area (Å²) in [4.78, 5) is 11.4. The topological polar surface area (TPSA) is 50.4 Å². The van der Waals surface area contributed by atoms with Crippen molar-refractivity contribution in [3.63, 3.8) is 0 Å². The number of carbonyl (C=O) groups excluding carboxylic acids is 1. The van der Waals surface area contributed by atoms with Crippen molar-refractivity contribution in [2.75, 3.05) is 24.6 Å². The van der Waals surface area contributed by atoms with Gasteiger partial charge in [0.1, 0.15) is 5.60 Å². The summed E-state index contributed by atoms with van der Waals surface area (Å²) < 4.78 is 32.7. The van der Waals surface area contributed by atoms with Gasteiger partial charge < -0.3 is 15.4 Å². The lowest BCUT2D eigenvalue weighted by Crippen LogP contribution is -2.52. The van der Waals surface area contributed by atoms with Gasteiger partial charge in [-0.15, -0.1) is 0 Å². The Morgan fingerprint density at radius 3 is 2.50 bits per heavy atom. The summed E-state index contributed by atoms with van der Waals surface area (Å²) in [6, 6.07) is 0.0543. The molecule has 0 aromatic rings. The van der Waals surface area contributed by atoms with E-state index in [0.29, 0.717) is 0 Å². The van der Waals surface area contributed by atoms with Gasteiger partial charge in [0.2, 0.25) is 0 Å². The minimum atomic E-state index is -3.00. The molecule has 130 valence electrons. The number of hydrogen-bond acceptors (Lipinski definition) is 4. The van der Waals surface area contributed by atoms with E-state index < -0.39 is 30.7 Å². The molecule has 4 nitrogen and oxygen atoms in total. The van der Waals surface area contributed by atoms with Crippen molar-refractivity contribution in [2.24, 2.45) is 5.41 Å². The molecule has 2 N–H and O–H groups in total. The Morgan fingerprint density at radius 2 is 1.95 bits per heavy atom. The number of carbonyl (C=O) groups is 1. The molecular weight excluding hydrogens is 310 g/mol. The van der Waals surface area contributed by atoms with Gasteiger partial charge in [0, 0.05) is 11.8 Å². The first kappa shape index (κ1) is 19.5. The molecule has 1 aliphatic heterocycles. The third-order valence-electron chi connectivity index (χ3n) is 3.62. The molecule has 0 aromatic carbocycles. The van der Waals surface area contributed by atoms with E-state index in [1.807, 2.05) is 0 Å². The second-order valence-corrected chi connectivity index (χ2v) is 8.61. The van der Waals surface area contributed by atoms with Crippen LogP contribution >= 0.6 is 11.8 Å². The van der Waals surface area contributed by atoms with Gasteiger partial charge in [0.05, 0.1) is 13.1 Å². The molecule has 1 heterocycles. The lowest BCUT2D eigenvalue weighted by Gasteiger charge is -2.39. The number of alkyl carbamates (subject to hydrolysis) is 1. The summed E-state index contributed by atoms with van der Waals surface area (Å²) in [7, 11) is 0. The van der Waals surface area contributed by atoms with E-state index >= 15 is 0 Å². The zero-order valence-electron chi connectivity index (χ0n) is 14.1. The van der Waals surface area contributed by atoms with E-state index in [-0.39, 0.29) is 11.5 Å². The maximum absolute atomic E-state index is 13.9. The fourth-order valence-electron chi connectivity index (χ4n) is 2.12. The molecule has 1 saturated heterocycles. The van der Waals surface area contributed by atoms with Crippen LogP contribution in [-0.2, 0) is 4.74 Å². The predicted molar refractivity (Wildman–Crippen MR) is 86.7 cm³/mol. The fraction of sp³-hybridized carbons (Fsp3) is 0.933. The summed E-state index contributed by atoms with van der Waals surface area (Å²) in [6.07, 6.45) is 0.192. The minimum Gasteiger partial charge on any atom is -0.444 e. The molecule has 1 aliphatic rings. The molecule has 0 bridgehead atoms. The lowest BCUT2D eigenvalue weighted by molar-refractivity contribution is -0.00833. The highest BCUT2D eigenvalue weighted by atomic mass is 32.2. The Balaban J connectivity index is 2.38. The van der Waals surface area contributed by atoms with Crippen molar-refractivity contribution in [3.8, 4) is 0 Å². The highest BCUT2D eigenvalue weighted by Gasteiger charge is 2.36. The molecule has 1 atom stereocenters. The van der Waals surface area contributed by atoms with Gasteiger partial charge in [0.15, 0.2) is 0 Å². The number of ether oxygens (including phenoxy) is 1. The SMILES string of the molecule is CC(C)(C)OC(=O)NCC(F)(F)CNC1CSCCC1(C)C. The molecule has 1 amide bonds. The van der Waals surface area contributed by atoms with E-state index in [9.17, 15) is 13.6 Å². The first-order chi connectivity index (χ1) is 9.91. The average molecular weight is 338 g/mol. The van der Waals surface area contributed by atoms with Crippen molar-refractivity contribution in [1.29, 1.82) is 0 Å². The zero-order valence-corrected chi connectivity index (χ0v) is 14.9. The first-order valence-electron chi connectivity index (χ1n) is 7.57. The number of thioether (sulfide) groups is 1. The Hall–Kier alpha value is -0.560. The van der Waals surface area contributed by atoms with Crippen LogP contribution in [0.4, 0.5) is 13.6 Å². The molecule has 0 aliphatic carbocycles. The number of halogens is 2. The largest absolute Gasteiger partial charge is 0.444 e. The van der Waals surface area contributed by atoms with Crippen LogP contribution in [0.5, 0.6) is 0 Å². The van der Waals surface area contributed by atoms with Crippen LogP contribution in [0, 0.1) is 5.41 Å². The summed E-state index contributed by atoms with van der Waals surface area (Å²) in [5.41, 5.74) is -0.680. The Kier molecular flexibility index (Phi) is 6.50. The summed E-state index contributed by atoms with van der Waals surface area (Å²) in [6.45, 7) is 8.09. The third-order valence-corrected chi connectivity index (χ3v) is 4.68. The minimum absolute atomic E-state index is 0.0138. The molecule has 1 fully saturated rings. The highest BCUT2D eigenvalue weighted by Crippen LogP contribution is 2.34. The number of rotatable bonds is 5. The molecule has 7 heteroatoms. The van der Waals surface area contributed by atoms with Gasteiger partial charge in [0.25, 0.3) is 5.92 Å². The smallest absolute Gasteiger partial charge is 0.407 e. The van der Waals surface area contributed by atoms with Gasteiger partial charge >= 0.3 is 6.09 Å². The number of amides is 1. The molecule has 22 heavy (non-hydrogen) atoms. The van der Waals surface area contributed by atoms with Gasteiger partial charge in [-0.25, -0.2) is 13.6 Å². The number of hydrogen-bond donors (Lipinski definition) is 2. The predicted octanol–water partition coefficient (Wildman–Crippen LogP) is 3.27. The second kappa shape index (κ2) is 7.34. The molecule has 0 saturated carbocycles. The molecule has 1 rings (SSSR count). The van der Waals surface area contributed by atoms with Crippen molar-refractivity contribution >= 4 is 17.9 Å². The molecule has 0 spiro atoms. The van der Waals surface area contributed by atoms with E-state index in [0.717, 1.165) is 17.9 Å². The monoisotopic (exact) mass is 338 g/mol. The summed E-state index contributed by atoms with van der Waals surface area (Å²) in [5.74, 6) is -1.10. The zero-order chi connectivity index (χ0) is 17.0. The van der Waals surface area contributed by atoms with E-state index in [1.165, 1.54) is 0 Å². The maximum atomic E-state index is 13.9. The van der Waals surface area contributed by atoms with E-state index in [4.69, 9.17) is 4.74 Å². The van der Waals surface area contributed by atoms with Crippen molar-refractivity contribution in [3.05, 3.63) is 0 Å². The van der Waals surface area contributed by atoms with Gasteiger partial charge in [-0.3, -0.25) is 0 Å². The van der Waals surface area contributed by atoms with Crippen molar-refractivity contribution < 1.29 is 18.3 Å². The van der Waals surface area contributed by atoms with Crippen LogP contribution in [0.15, 0.2) is 0 Å². The maximum Gasteiger partial charge on any atom is 0.407 e. The average Bonchev–Trinajstić information content (AvgIpc) is 2.33. The van der Waals surface area contributed by atoms with Gasteiger partial charge in [-0.2, -0.15) is 11.8 Å². The van der Waals surface area contributed by atoms with Crippen LogP contribution in [0.1, 0.15) is 41.0 Å². The van der Waals surface area contributed by atoms with Crippen LogP contribution in [0.2, 0.25) is 0 Å². The van der Waals surface area contributed by atoms with Crippen LogP contribution in [0.3, 0.4) is 0 Å². The third kappa shape index (κ3) is 7.13. The van der Waals surface area contributed by atoms with Gasteiger partial charge in [-0.1, -0.05) is 13.8 Å². The van der Waals surface area contributed by atoms with Crippen LogP contribution < -0.4 is 10.6 Å². The Bertz CT molecular complexity index is 384. The second-order valence-electron chi connectivity index (χ2n) is 7.46. The lowest BCUT2D eigenvalue weighted by atomic mass is 9.82. The fourth-order valence-corrected chi connectivity index (χ4v) is 3.76. The van der Waals surface area contributed by atoms with E-state index in [2.05, 4.69) is 24.5 Å². The highest BCUT2D eigenvalue weighted by molar-refractivity contribution is 7.99. The van der Waals surface area contributed by atoms with E-state index in [1.54, 1.807) is 32.5 Å². The Morgan fingerprint density at radius 1 is 1.32 bits per heavy atom. The number of alkyl halides is 2. The van der Waals surface area contributed by atoms with Crippen LogP contribution in [0.25, 0.3) is 0 Å². The molecular formula is C15H28F2N2O2S. The van der Waals surface area contributed by atoms with Crippen molar-refractivity contribution in [1.82, 2.24) is 10.6 Å². The standard InChI is InChI=1S/C15H28F2N2O2S/c1-13(2,3)21-12(20)19-10-15(16,17)9-18-11-8-22-7-6-14(11,4)5/h11,18H,6-10H2,1-5H3,(H,19,20). The molecule has 0 radical (unpaired) electrons. The van der Waals surface area contributed by atoms with Gasteiger partial charge in [-0.05, 0) is 38.4 Å². The summed E-state index contributed by atoms with van der Waals surface area (Å²) in [5, 5.41) is 5.09. The molecule has 0 aromatic heterocycles. The number of nitrogens with one attached hydrogen (secondary N) is 2. The quantitative estimate of drug-likeness (QED) is 0.808. The van der Waals surface area contributed by atoms with Crippen LogP contribution in [-0.4, -0.2) is 48.3 Å². The summed E-state index contributed by atoms with van der Waals surface area (Å²) >= 11 is 1.78. The molecule has 1 unspecified atom stereocenters.